The minimum atomic E-state index is -5.26. The van der Waals surface area contributed by atoms with E-state index < -0.39 is 110 Å². The monoisotopic (exact) mass is 797 g/mol. The Labute approximate surface area is 318 Å². The SMILES string of the molecule is CC1CCC[C@@H](O[C@@H]2OC(CO)[C@H](O)C(O[C@@H](CC3CCCCC3)C(=O)N3CCC3)C2NC(=O)CNC(=O)C(F)(F)F)C1OC1(C)OC(C)[C@@H](O)C(O)C1O. The number of aliphatic hydroxyl groups excluding tert-OH is 5. The number of halogens is 3. The first kappa shape index (κ1) is 43.9. The first-order valence-electron chi connectivity index (χ1n) is 19.5. The van der Waals surface area contributed by atoms with Crippen molar-refractivity contribution in [2.45, 2.75) is 170 Å². The van der Waals surface area contributed by atoms with Gasteiger partial charge in [0.25, 0.3) is 5.91 Å². The van der Waals surface area contributed by atoms with E-state index in [9.17, 15) is 53.1 Å². The summed E-state index contributed by atoms with van der Waals surface area (Å²) in [4.78, 5) is 40.2. The highest BCUT2D eigenvalue weighted by atomic mass is 19.4. The van der Waals surface area contributed by atoms with Crippen molar-refractivity contribution in [2.75, 3.05) is 26.2 Å². The molecule has 55 heavy (non-hydrogen) atoms. The molecule has 5 rings (SSSR count). The first-order chi connectivity index (χ1) is 25.9. The standard InChI is InChI=1S/C36H58F3N3O13/c1-18-9-7-12-21(29(18)55-35(3)31(48)28(47)26(45)19(2)54-35)52-33-25(41-24(44)16-40-34(50)36(37,38)39)30(27(46)23(17-43)53-33)51-22(32(49)42-13-8-14-42)15-20-10-5-4-6-11-20/h18-23,25-31,33,43,45-48H,4-17H2,1-3H3,(H,40,50)(H,41,44)/t18?,19?,21-,22+,23?,25?,26-,27+,28?,29?,30?,31?,33-,35?/m1/s1. The fourth-order valence-corrected chi connectivity index (χ4v) is 8.36. The number of nitrogens with zero attached hydrogens (tertiary/aromatic N) is 1. The lowest BCUT2D eigenvalue weighted by Gasteiger charge is -2.51. The Kier molecular flexibility index (Phi) is 14.8. The molecule has 3 heterocycles. The molecule has 0 aromatic rings. The number of hydrogen-bond acceptors (Lipinski definition) is 13. The minimum absolute atomic E-state index is 0.134. The van der Waals surface area contributed by atoms with Gasteiger partial charge in [0.2, 0.25) is 5.91 Å². The number of carbonyl (C=O) groups is 3. The Morgan fingerprint density at radius 2 is 1.62 bits per heavy atom. The van der Waals surface area contributed by atoms with Crippen LogP contribution in [0.25, 0.3) is 0 Å². The highest BCUT2D eigenvalue weighted by Gasteiger charge is 2.55. The zero-order chi connectivity index (χ0) is 40.2. The topological polar surface area (TPSA) is 226 Å². The van der Waals surface area contributed by atoms with E-state index in [-0.39, 0.29) is 17.7 Å². The number of ether oxygens (including phenoxy) is 5. The predicted molar refractivity (Wildman–Crippen MR) is 184 cm³/mol. The number of hydrogen-bond donors (Lipinski definition) is 7. The summed E-state index contributed by atoms with van der Waals surface area (Å²) in [5.74, 6) is -5.70. The molecule has 3 saturated heterocycles. The van der Waals surface area contributed by atoms with Crippen molar-refractivity contribution in [3.05, 3.63) is 0 Å². The third-order valence-electron chi connectivity index (χ3n) is 11.8. The maximum absolute atomic E-state index is 13.8. The van der Waals surface area contributed by atoms with E-state index in [2.05, 4.69) is 5.32 Å². The minimum Gasteiger partial charge on any atom is -0.394 e. The normalized spacial score (nSPS) is 39.5. The largest absolute Gasteiger partial charge is 0.471 e. The summed E-state index contributed by atoms with van der Waals surface area (Å²) in [5, 5.41) is 57.8. The second-order valence-corrected chi connectivity index (χ2v) is 15.9. The van der Waals surface area contributed by atoms with Gasteiger partial charge in [-0.1, -0.05) is 45.4 Å². The molecule has 0 radical (unpaired) electrons. The molecule has 19 heteroatoms. The van der Waals surface area contributed by atoms with Crippen LogP contribution in [0.3, 0.4) is 0 Å². The van der Waals surface area contributed by atoms with E-state index in [0.29, 0.717) is 38.8 Å². The number of rotatable bonds is 13. The van der Waals surface area contributed by atoms with Crippen LogP contribution in [-0.4, -0.2) is 160 Å². The molecule has 2 aliphatic carbocycles. The Balaban J connectivity index is 1.44. The lowest BCUT2D eigenvalue weighted by molar-refractivity contribution is -0.380. The van der Waals surface area contributed by atoms with Crippen molar-refractivity contribution >= 4 is 17.7 Å². The summed E-state index contributed by atoms with van der Waals surface area (Å²) >= 11 is 0. The van der Waals surface area contributed by atoms with Crippen LogP contribution in [0.15, 0.2) is 0 Å². The van der Waals surface area contributed by atoms with Crippen LogP contribution < -0.4 is 10.6 Å². The highest BCUT2D eigenvalue weighted by molar-refractivity contribution is 5.87. The average Bonchev–Trinajstić information content (AvgIpc) is 3.11. The maximum Gasteiger partial charge on any atom is 0.471 e. The van der Waals surface area contributed by atoms with Crippen LogP contribution in [0.4, 0.5) is 13.2 Å². The molecular formula is C36H58F3N3O13. The summed E-state index contributed by atoms with van der Waals surface area (Å²) < 4.78 is 70.2. The Morgan fingerprint density at radius 1 is 0.927 bits per heavy atom. The molecule has 5 fully saturated rings. The fraction of sp³-hybridized carbons (Fsp3) is 0.917. The maximum atomic E-state index is 13.8. The van der Waals surface area contributed by atoms with E-state index in [1.807, 2.05) is 6.92 Å². The van der Waals surface area contributed by atoms with Gasteiger partial charge in [-0.3, -0.25) is 14.4 Å². The summed E-state index contributed by atoms with van der Waals surface area (Å²) in [5.41, 5.74) is 0. The van der Waals surface area contributed by atoms with Gasteiger partial charge in [-0.2, -0.15) is 13.2 Å². The zero-order valence-electron chi connectivity index (χ0n) is 31.6. The second-order valence-electron chi connectivity index (χ2n) is 15.9. The van der Waals surface area contributed by atoms with Gasteiger partial charge in [-0.05, 0) is 51.4 Å². The molecule has 7 N–H and O–H groups in total. The van der Waals surface area contributed by atoms with Gasteiger partial charge in [-0.15, -0.1) is 0 Å². The third-order valence-corrected chi connectivity index (χ3v) is 11.8. The summed E-state index contributed by atoms with van der Waals surface area (Å²) in [6, 6.07) is -1.49. The number of likely N-dealkylation sites (tertiary alicyclic amines) is 1. The smallest absolute Gasteiger partial charge is 0.394 e. The predicted octanol–water partition coefficient (Wildman–Crippen LogP) is -0.00770. The molecule has 14 atom stereocenters. The van der Waals surface area contributed by atoms with Crippen LogP contribution in [0.5, 0.6) is 0 Å². The average molecular weight is 798 g/mol. The van der Waals surface area contributed by atoms with Gasteiger partial charge < -0.3 is 64.8 Å². The van der Waals surface area contributed by atoms with Crippen LogP contribution in [0.1, 0.15) is 85.0 Å². The van der Waals surface area contributed by atoms with Crippen LogP contribution in [0, 0.1) is 11.8 Å². The summed E-state index contributed by atoms with van der Waals surface area (Å²) in [7, 11) is 0. The molecule has 3 amide bonds. The first-order valence-corrected chi connectivity index (χ1v) is 19.5. The van der Waals surface area contributed by atoms with Gasteiger partial charge in [0.15, 0.2) is 12.1 Å². The molecule has 5 aliphatic rings. The Bertz CT molecular complexity index is 1310. The van der Waals surface area contributed by atoms with E-state index in [1.54, 1.807) is 4.90 Å². The fourth-order valence-electron chi connectivity index (χ4n) is 8.36. The Hall–Kier alpha value is -2.20. The van der Waals surface area contributed by atoms with E-state index in [1.165, 1.54) is 19.2 Å². The molecule has 0 aromatic heterocycles. The molecular weight excluding hydrogens is 739 g/mol. The highest BCUT2D eigenvalue weighted by Crippen LogP contribution is 2.39. The molecule has 9 unspecified atom stereocenters. The lowest BCUT2D eigenvalue weighted by atomic mass is 9.84. The molecule has 0 aromatic carbocycles. The van der Waals surface area contributed by atoms with Crippen molar-refractivity contribution in [1.82, 2.24) is 15.5 Å². The number of alkyl halides is 3. The lowest BCUT2D eigenvalue weighted by Crippen LogP contribution is -2.68. The second kappa shape index (κ2) is 18.6. The van der Waals surface area contributed by atoms with Crippen LogP contribution in [0.2, 0.25) is 0 Å². The zero-order valence-corrected chi connectivity index (χ0v) is 31.6. The van der Waals surface area contributed by atoms with Crippen molar-refractivity contribution in [2.24, 2.45) is 11.8 Å². The van der Waals surface area contributed by atoms with Gasteiger partial charge in [-0.25, -0.2) is 0 Å². The quantitative estimate of drug-likeness (QED) is 0.130. The molecule has 3 aliphatic heterocycles. The van der Waals surface area contributed by atoms with Gasteiger partial charge in [0.1, 0.15) is 48.8 Å². The van der Waals surface area contributed by atoms with E-state index in [0.717, 1.165) is 38.5 Å². The molecule has 2 saturated carbocycles. The van der Waals surface area contributed by atoms with Crippen molar-refractivity contribution in [3.8, 4) is 0 Å². The van der Waals surface area contributed by atoms with Gasteiger partial charge in [0.05, 0.1) is 31.5 Å². The Morgan fingerprint density at radius 3 is 2.24 bits per heavy atom. The molecule has 16 nitrogen and oxygen atoms in total. The third kappa shape index (κ3) is 10.5. The molecule has 0 bridgehead atoms. The van der Waals surface area contributed by atoms with Gasteiger partial charge >= 0.3 is 12.1 Å². The number of aliphatic hydroxyl groups is 5. The van der Waals surface area contributed by atoms with E-state index in [4.69, 9.17) is 23.7 Å². The molecule has 316 valence electrons. The summed E-state index contributed by atoms with van der Waals surface area (Å²) in [6.45, 7) is 3.96. The molecule has 0 spiro atoms. The van der Waals surface area contributed by atoms with Gasteiger partial charge in [0, 0.05) is 13.1 Å². The van der Waals surface area contributed by atoms with Crippen molar-refractivity contribution in [3.63, 3.8) is 0 Å². The van der Waals surface area contributed by atoms with Crippen molar-refractivity contribution < 1.29 is 76.8 Å². The van der Waals surface area contributed by atoms with Crippen LogP contribution in [-0.2, 0) is 38.1 Å². The number of nitrogens with one attached hydrogen (secondary N) is 2. The number of amides is 3. The van der Waals surface area contributed by atoms with E-state index >= 15 is 0 Å². The summed E-state index contributed by atoms with van der Waals surface area (Å²) in [6.07, 6.45) is -12.3. The number of carbonyl (C=O) groups excluding carboxylic acids is 3. The van der Waals surface area contributed by atoms with Crippen LogP contribution >= 0.6 is 0 Å². The van der Waals surface area contributed by atoms with Crippen molar-refractivity contribution in [1.29, 1.82) is 0 Å².